The first-order chi connectivity index (χ1) is 14.0. The van der Waals surface area contributed by atoms with Crippen LogP contribution in [0.5, 0.6) is 5.75 Å². The molecule has 0 radical (unpaired) electrons. The van der Waals surface area contributed by atoms with Gasteiger partial charge in [0, 0.05) is 24.0 Å². The summed E-state index contributed by atoms with van der Waals surface area (Å²) in [5, 5.41) is 32.4. The summed E-state index contributed by atoms with van der Waals surface area (Å²) in [5.74, 6) is 0.0388. The summed E-state index contributed by atoms with van der Waals surface area (Å²) >= 11 is 0. The highest BCUT2D eigenvalue weighted by atomic mass is 16.6. The number of furan rings is 1. The largest absolute Gasteiger partial charge is 0.502 e. The molecule has 0 aliphatic rings. The first-order valence-corrected chi connectivity index (χ1v) is 8.16. The summed E-state index contributed by atoms with van der Waals surface area (Å²) in [4.78, 5) is 29.3. The average molecular weight is 393 g/mol. The zero-order chi connectivity index (χ0) is 20.5. The number of pyridine rings is 1. The van der Waals surface area contributed by atoms with Crippen molar-refractivity contribution in [2.24, 2.45) is 4.99 Å². The quantitative estimate of drug-likeness (QED) is 0.307. The van der Waals surface area contributed by atoms with Gasteiger partial charge < -0.3 is 9.52 Å². The van der Waals surface area contributed by atoms with Crippen LogP contribution in [-0.2, 0) is 0 Å². The summed E-state index contributed by atoms with van der Waals surface area (Å²) in [6.45, 7) is 0. The van der Waals surface area contributed by atoms with Crippen LogP contribution in [-0.4, -0.2) is 30.6 Å². The van der Waals surface area contributed by atoms with E-state index in [4.69, 9.17) is 4.42 Å². The number of aromatic nitrogens is 2. The molecule has 144 valence electrons. The highest BCUT2D eigenvalue weighted by Gasteiger charge is 2.23. The molecular weight excluding hydrogens is 382 g/mol. The first kappa shape index (κ1) is 17.9. The van der Waals surface area contributed by atoms with E-state index in [9.17, 15) is 25.3 Å². The molecule has 0 saturated heterocycles. The number of fused-ring (bicyclic) bond motifs is 1. The molecule has 11 nitrogen and oxygen atoms in total. The SMILES string of the molecule is O=[N+]([O-])c1cc(C=Nc2c(-c3ccco3)nc3ccccn23)c(O)c([N+](=O)[O-])c1. The third-order valence-corrected chi connectivity index (χ3v) is 4.10. The van der Waals surface area contributed by atoms with Gasteiger partial charge in [0.1, 0.15) is 5.65 Å². The van der Waals surface area contributed by atoms with Crippen molar-refractivity contribution >= 4 is 29.1 Å². The Labute approximate surface area is 161 Å². The predicted molar refractivity (Wildman–Crippen MR) is 102 cm³/mol. The van der Waals surface area contributed by atoms with Gasteiger partial charge in [-0.15, -0.1) is 0 Å². The van der Waals surface area contributed by atoms with Crippen LogP contribution in [0.1, 0.15) is 5.56 Å². The van der Waals surface area contributed by atoms with Crippen molar-refractivity contribution in [2.75, 3.05) is 0 Å². The van der Waals surface area contributed by atoms with Crippen LogP contribution >= 0.6 is 0 Å². The standard InChI is InChI=1S/C18H11N5O6/c24-17-11(8-12(22(25)26)9-13(17)23(27)28)10-19-18-16(14-4-3-7-29-14)20-15-5-1-2-6-21(15)18/h1-10,24H. The molecule has 0 bridgehead atoms. The lowest BCUT2D eigenvalue weighted by Crippen LogP contribution is -1.96. The van der Waals surface area contributed by atoms with Gasteiger partial charge in [0.25, 0.3) is 5.69 Å². The molecule has 0 fully saturated rings. The van der Waals surface area contributed by atoms with Gasteiger partial charge in [-0.3, -0.25) is 24.6 Å². The van der Waals surface area contributed by atoms with Crippen LogP contribution < -0.4 is 0 Å². The maximum absolute atomic E-state index is 11.1. The van der Waals surface area contributed by atoms with E-state index in [0.29, 0.717) is 29.0 Å². The third kappa shape index (κ3) is 3.16. The minimum Gasteiger partial charge on any atom is -0.502 e. The molecule has 0 atom stereocenters. The van der Waals surface area contributed by atoms with Crippen LogP contribution in [0.15, 0.2) is 64.3 Å². The Morgan fingerprint density at radius 2 is 1.97 bits per heavy atom. The second-order valence-corrected chi connectivity index (χ2v) is 5.87. The molecule has 4 aromatic rings. The van der Waals surface area contributed by atoms with Gasteiger partial charge in [-0.25, -0.2) is 9.98 Å². The molecule has 0 unspecified atom stereocenters. The van der Waals surface area contributed by atoms with Crippen molar-refractivity contribution in [3.05, 3.63) is 80.7 Å². The minimum atomic E-state index is -0.901. The predicted octanol–water partition coefficient (Wildman–Crippen LogP) is 3.87. The normalized spacial score (nSPS) is 11.3. The number of nitrogens with zero attached hydrogens (tertiary/aromatic N) is 5. The molecule has 3 aromatic heterocycles. The van der Waals surface area contributed by atoms with Gasteiger partial charge in [-0.2, -0.15) is 0 Å². The van der Waals surface area contributed by atoms with E-state index >= 15 is 0 Å². The summed E-state index contributed by atoms with van der Waals surface area (Å²) in [6, 6.07) is 10.4. The molecule has 11 heteroatoms. The maximum atomic E-state index is 11.1. The Bertz CT molecular complexity index is 1280. The second-order valence-electron chi connectivity index (χ2n) is 5.87. The summed E-state index contributed by atoms with van der Waals surface area (Å²) in [7, 11) is 0. The number of aliphatic imine (C=N–C) groups is 1. The van der Waals surface area contributed by atoms with Gasteiger partial charge in [-0.05, 0) is 24.3 Å². The van der Waals surface area contributed by atoms with Gasteiger partial charge in [0.15, 0.2) is 17.3 Å². The van der Waals surface area contributed by atoms with Gasteiger partial charge in [0.2, 0.25) is 5.75 Å². The van der Waals surface area contributed by atoms with E-state index in [-0.39, 0.29) is 5.56 Å². The number of nitro groups is 2. The van der Waals surface area contributed by atoms with Crippen LogP contribution in [0.4, 0.5) is 17.2 Å². The maximum Gasteiger partial charge on any atom is 0.318 e. The molecule has 0 aliphatic carbocycles. The number of aromatic hydroxyl groups is 1. The van der Waals surface area contributed by atoms with Crippen molar-refractivity contribution in [3.8, 4) is 17.2 Å². The number of nitro benzene ring substituents is 2. The van der Waals surface area contributed by atoms with Crippen LogP contribution in [0.25, 0.3) is 17.1 Å². The smallest absolute Gasteiger partial charge is 0.318 e. The first-order valence-electron chi connectivity index (χ1n) is 8.16. The Hall–Kier alpha value is -4.54. The highest BCUT2D eigenvalue weighted by Crippen LogP contribution is 2.35. The summed E-state index contributed by atoms with van der Waals surface area (Å²) < 4.78 is 7.04. The van der Waals surface area contributed by atoms with Crippen LogP contribution in [0.2, 0.25) is 0 Å². The molecular formula is C18H11N5O6. The average Bonchev–Trinajstić information content (AvgIpc) is 3.34. The van der Waals surface area contributed by atoms with Gasteiger partial charge in [0.05, 0.1) is 22.2 Å². The molecule has 4 rings (SSSR count). The molecule has 0 spiro atoms. The van der Waals surface area contributed by atoms with Crippen molar-refractivity contribution in [1.29, 1.82) is 0 Å². The monoisotopic (exact) mass is 393 g/mol. The zero-order valence-electron chi connectivity index (χ0n) is 14.5. The Balaban J connectivity index is 1.89. The minimum absolute atomic E-state index is 0.179. The fourth-order valence-electron chi connectivity index (χ4n) is 2.78. The number of hydrogen-bond acceptors (Lipinski definition) is 8. The fraction of sp³-hybridized carbons (Fsp3) is 0. The Morgan fingerprint density at radius 3 is 2.66 bits per heavy atom. The van der Waals surface area contributed by atoms with E-state index in [1.807, 2.05) is 0 Å². The van der Waals surface area contributed by atoms with Crippen LogP contribution in [0.3, 0.4) is 0 Å². The molecule has 29 heavy (non-hydrogen) atoms. The number of benzene rings is 1. The van der Waals surface area contributed by atoms with Gasteiger partial charge in [-0.1, -0.05) is 6.07 Å². The summed E-state index contributed by atoms with van der Waals surface area (Å²) in [5.41, 5.74) is -0.537. The van der Waals surface area contributed by atoms with Crippen molar-refractivity contribution in [2.45, 2.75) is 0 Å². The number of non-ortho nitro benzene ring substituents is 1. The number of hydrogen-bond donors (Lipinski definition) is 1. The highest BCUT2D eigenvalue weighted by molar-refractivity contribution is 5.90. The molecule has 0 amide bonds. The van der Waals surface area contributed by atoms with E-state index in [2.05, 4.69) is 9.98 Å². The topological polar surface area (TPSA) is 149 Å². The molecule has 0 aliphatic heterocycles. The van der Waals surface area contributed by atoms with E-state index < -0.39 is 27.0 Å². The van der Waals surface area contributed by atoms with Crippen molar-refractivity contribution in [1.82, 2.24) is 9.38 Å². The van der Waals surface area contributed by atoms with E-state index in [1.165, 1.54) is 6.26 Å². The number of phenols is 1. The van der Waals surface area contributed by atoms with Crippen molar-refractivity contribution < 1.29 is 19.4 Å². The Morgan fingerprint density at radius 1 is 1.14 bits per heavy atom. The van der Waals surface area contributed by atoms with Crippen molar-refractivity contribution in [3.63, 3.8) is 0 Å². The lowest BCUT2D eigenvalue weighted by molar-refractivity contribution is -0.394. The van der Waals surface area contributed by atoms with Crippen LogP contribution in [0, 0.1) is 20.2 Å². The Kier molecular flexibility index (Phi) is 4.24. The number of imidazole rings is 1. The summed E-state index contributed by atoms with van der Waals surface area (Å²) in [6.07, 6.45) is 4.29. The fourth-order valence-corrected chi connectivity index (χ4v) is 2.78. The second kappa shape index (κ2) is 6.88. The van der Waals surface area contributed by atoms with E-state index in [0.717, 1.165) is 12.3 Å². The van der Waals surface area contributed by atoms with E-state index in [1.54, 1.807) is 40.9 Å². The lowest BCUT2D eigenvalue weighted by Gasteiger charge is -2.02. The molecule has 1 N–H and O–H groups in total. The molecule has 1 aromatic carbocycles. The number of rotatable bonds is 5. The van der Waals surface area contributed by atoms with Gasteiger partial charge >= 0.3 is 5.69 Å². The number of phenolic OH excluding ortho intramolecular Hbond substituents is 1. The third-order valence-electron chi connectivity index (χ3n) is 4.10. The zero-order valence-corrected chi connectivity index (χ0v) is 14.5. The lowest BCUT2D eigenvalue weighted by atomic mass is 10.1. The molecule has 3 heterocycles. The molecule has 0 saturated carbocycles.